The van der Waals surface area contributed by atoms with Gasteiger partial charge < -0.3 is 10.8 Å². The highest BCUT2D eigenvalue weighted by molar-refractivity contribution is 5.32. The molecular weight excluding hydrogens is 243 g/mol. The summed E-state index contributed by atoms with van der Waals surface area (Å²) in [6.07, 6.45) is -0.702. The maximum Gasteiger partial charge on any atom is 0.301 e. The third-order valence-corrected chi connectivity index (χ3v) is 3.32. The Balaban J connectivity index is 2.40. The first-order valence-corrected chi connectivity index (χ1v) is 5.96. The van der Waals surface area contributed by atoms with E-state index in [0.717, 1.165) is 6.07 Å². The maximum atomic E-state index is 14.0. The molecule has 1 fully saturated rings. The van der Waals surface area contributed by atoms with E-state index in [1.165, 1.54) is 19.1 Å². The van der Waals surface area contributed by atoms with E-state index in [1.54, 1.807) is 0 Å². The second kappa shape index (κ2) is 4.55. The fourth-order valence-electron chi connectivity index (χ4n) is 2.03. The molecule has 1 aromatic carbocycles. The molecule has 0 aromatic heterocycles. The molecule has 1 saturated carbocycles. The van der Waals surface area contributed by atoms with Crippen molar-refractivity contribution in [3.05, 3.63) is 35.1 Å². The standard InChI is InChI=1S/C13H16F3NO/c1-7(17)9-3-2-4-10(11(9)14)13(15,16)12(18)8-5-6-8/h2-4,7-8,12,18H,5-6,17H2,1H3/t7-,12-/m1/s1. The van der Waals surface area contributed by atoms with Gasteiger partial charge in [-0.25, -0.2) is 4.39 Å². The number of benzene rings is 1. The number of rotatable bonds is 4. The number of aliphatic hydroxyl groups is 1. The van der Waals surface area contributed by atoms with Crippen LogP contribution in [-0.4, -0.2) is 11.2 Å². The molecule has 2 nitrogen and oxygen atoms in total. The lowest BCUT2D eigenvalue weighted by molar-refractivity contribution is -0.126. The average molecular weight is 259 g/mol. The maximum absolute atomic E-state index is 14.0. The van der Waals surface area contributed by atoms with E-state index < -0.39 is 35.4 Å². The fraction of sp³-hybridized carbons (Fsp3) is 0.538. The van der Waals surface area contributed by atoms with Gasteiger partial charge in [0.25, 0.3) is 0 Å². The van der Waals surface area contributed by atoms with E-state index in [0.29, 0.717) is 12.8 Å². The van der Waals surface area contributed by atoms with Crippen molar-refractivity contribution in [1.82, 2.24) is 0 Å². The van der Waals surface area contributed by atoms with Crippen molar-refractivity contribution in [2.45, 2.75) is 37.8 Å². The van der Waals surface area contributed by atoms with Gasteiger partial charge in [0.2, 0.25) is 0 Å². The van der Waals surface area contributed by atoms with Crippen LogP contribution in [0.4, 0.5) is 13.2 Å². The molecule has 100 valence electrons. The Kier molecular flexibility index (Phi) is 3.38. The molecule has 0 unspecified atom stereocenters. The summed E-state index contributed by atoms with van der Waals surface area (Å²) in [5.41, 5.74) is 4.80. The van der Waals surface area contributed by atoms with Crippen LogP contribution < -0.4 is 5.73 Å². The highest BCUT2D eigenvalue weighted by Crippen LogP contribution is 2.45. The third-order valence-electron chi connectivity index (χ3n) is 3.32. The predicted octanol–water partition coefficient (Wildman–Crippen LogP) is 2.71. The van der Waals surface area contributed by atoms with Crippen molar-refractivity contribution >= 4 is 0 Å². The third kappa shape index (κ3) is 2.24. The van der Waals surface area contributed by atoms with Crippen molar-refractivity contribution in [3.63, 3.8) is 0 Å². The van der Waals surface area contributed by atoms with Gasteiger partial charge in [-0.05, 0) is 31.7 Å². The zero-order valence-electron chi connectivity index (χ0n) is 10.0. The van der Waals surface area contributed by atoms with Crippen molar-refractivity contribution < 1.29 is 18.3 Å². The van der Waals surface area contributed by atoms with Gasteiger partial charge in [0, 0.05) is 11.6 Å². The second-order valence-electron chi connectivity index (χ2n) is 4.90. The number of nitrogens with two attached hydrogens (primary N) is 1. The molecule has 1 aromatic rings. The molecule has 2 atom stereocenters. The minimum atomic E-state index is -3.57. The first kappa shape index (κ1) is 13.4. The lowest BCUT2D eigenvalue weighted by Crippen LogP contribution is -2.34. The highest BCUT2D eigenvalue weighted by atomic mass is 19.3. The largest absolute Gasteiger partial charge is 0.386 e. The molecule has 1 aliphatic carbocycles. The zero-order chi connectivity index (χ0) is 13.5. The Hall–Kier alpha value is -1.07. The summed E-state index contributed by atoms with van der Waals surface area (Å²) in [6.45, 7) is 1.53. The van der Waals surface area contributed by atoms with Crippen LogP contribution in [0.1, 0.15) is 36.9 Å². The summed E-state index contributed by atoms with van der Waals surface area (Å²) in [5.74, 6) is -5.02. The fourth-order valence-corrected chi connectivity index (χ4v) is 2.03. The average Bonchev–Trinajstić information content (AvgIpc) is 3.11. The smallest absolute Gasteiger partial charge is 0.301 e. The normalized spacial score (nSPS) is 19.7. The van der Waals surface area contributed by atoms with Gasteiger partial charge in [-0.1, -0.05) is 12.1 Å². The van der Waals surface area contributed by atoms with Crippen LogP contribution in [0.2, 0.25) is 0 Å². The minimum absolute atomic E-state index is 0.0372. The van der Waals surface area contributed by atoms with Crippen LogP contribution >= 0.6 is 0 Å². The van der Waals surface area contributed by atoms with Crippen LogP contribution in [0.3, 0.4) is 0 Å². The van der Waals surface area contributed by atoms with Gasteiger partial charge in [0.1, 0.15) is 11.9 Å². The Morgan fingerprint density at radius 3 is 2.50 bits per heavy atom. The first-order chi connectivity index (χ1) is 8.35. The molecule has 5 heteroatoms. The van der Waals surface area contributed by atoms with Crippen molar-refractivity contribution in [2.75, 3.05) is 0 Å². The molecule has 3 N–H and O–H groups in total. The highest BCUT2D eigenvalue weighted by Gasteiger charge is 2.50. The van der Waals surface area contributed by atoms with E-state index in [4.69, 9.17) is 5.73 Å². The quantitative estimate of drug-likeness (QED) is 0.873. The number of aliphatic hydroxyl groups excluding tert-OH is 1. The molecule has 0 heterocycles. The SMILES string of the molecule is C[C@@H](N)c1cccc(C(F)(F)[C@H](O)C2CC2)c1F. The molecule has 2 rings (SSSR count). The molecular formula is C13H16F3NO. The molecule has 18 heavy (non-hydrogen) atoms. The number of halogens is 3. The zero-order valence-corrected chi connectivity index (χ0v) is 10.0. The number of hydrogen-bond acceptors (Lipinski definition) is 2. The number of alkyl halides is 2. The van der Waals surface area contributed by atoms with E-state index in [-0.39, 0.29) is 5.56 Å². The molecule has 0 saturated heterocycles. The van der Waals surface area contributed by atoms with E-state index in [2.05, 4.69) is 0 Å². The lowest BCUT2D eigenvalue weighted by atomic mass is 9.95. The van der Waals surface area contributed by atoms with E-state index in [9.17, 15) is 18.3 Å². The summed E-state index contributed by atoms with van der Waals surface area (Å²) in [4.78, 5) is 0. The Bertz CT molecular complexity index is 444. The molecule has 1 aliphatic rings. The van der Waals surface area contributed by atoms with Crippen molar-refractivity contribution in [2.24, 2.45) is 11.7 Å². The summed E-state index contributed by atoms with van der Waals surface area (Å²) < 4.78 is 42.0. The van der Waals surface area contributed by atoms with Crippen LogP contribution in [0.5, 0.6) is 0 Å². The van der Waals surface area contributed by atoms with Gasteiger partial charge in [0.05, 0.1) is 5.56 Å². The summed E-state index contributed by atoms with van der Waals surface area (Å²) in [5, 5.41) is 9.58. The van der Waals surface area contributed by atoms with Crippen LogP contribution in [0.15, 0.2) is 18.2 Å². The Morgan fingerprint density at radius 1 is 1.39 bits per heavy atom. The topological polar surface area (TPSA) is 46.2 Å². The van der Waals surface area contributed by atoms with Gasteiger partial charge in [-0.15, -0.1) is 0 Å². The molecule has 0 amide bonds. The second-order valence-corrected chi connectivity index (χ2v) is 4.90. The van der Waals surface area contributed by atoms with E-state index in [1.807, 2.05) is 0 Å². The molecule has 0 spiro atoms. The molecule has 0 radical (unpaired) electrons. The predicted molar refractivity (Wildman–Crippen MR) is 61.6 cm³/mol. The first-order valence-electron chi connectivity index (χ1n) is 5.96. The van der Waals surface area contributed by atoms with Gasteiger partial charge in [-0.3, -0.25) is 0 Å². The van der Waals surface area contributed by atoms with Gasteiger partial charge >= 0.3 is 5.92 Å². The van der Waals surface area contributed by atoms with Gasteiger partial charge in [-0.2, -0.15) is 8.78 Å². The summed E-state index contributed by atoms with van der Waals surface area (Å²) in [7, 11) is 0. The summed E-state index contributed by atoms with van der Waals surface area (Å²) in [6, 6.07) is 3.05. The van der Waals surface area contributed by atoms with Crippen LogP contribution in [-0.2, 0) is 5.92 Å². The molecule has 0 bridgehead atoms. The number of hydrogen-bond donors (Lipinski definition) is 2. The van der Waals surface area contributed by atoms with Gasteiger partial charge in [0.15, 0.2) is 0 Å². The minimum Gasteiger partial charge on any atom is -0.386 e. The summed E-state index contributed by atoms with van der Waals surface area (Å²) >= 11 is 0. The van der Waals surface area contributed by atoms with Crippen molar-refractivity contribution in [3.8, 4) is 0 Å². The lowest BCUT2D eigenvalue weighted by Gasteiger charge is -2.24. The molecule has 0 aliphatic heterocycles. The van der Waals surface area contributed by atoms with Crippen LogP contribution in [0, 0.1) is 11.7 Å². The van der Waals surface area contributed by atoms with E-state index >= 15 is 0 Å². The Morgan fingerprint density at radius 2 is 2.00 bits per heavy atom. The Labute approximate surface area is 104 Å². The van der Waals surface area contributed by atoms with Crippen molar-refractivity contribution in [1.29, 1.82) is 0 Å². The van der Waals surface area contributed by atoms with Crippen LogP contribution in [0.25, 0.3) is 0 Å². The monoisotopic (exact) mass is 259 g/mol.